The standard InChI is InChI=1S/C19H23N3O4/c1-24-11-10-20-18-7-6-14(12-22-18)19(23)21-9-8-15-13-25-16-4-2-3-5-17(16)26-15/h2-7,12,15H,8-11,13H2,1H3,(H,20,22)(H,21,23). The number of hydrogen-bond donors (Lipinski definition) is 2. The lowest BCUT2D eigenvalue weighted by Gasteiger charge is -2.26. The highest BCUT2D eigenvalue weighted by molar-refractivity contribution is 5.94. The second-order valence-electron chi connectivity index (χ2n) is 5.89. The maximum absolute atomic E-state index is 12.2. The molecule has 1 atom stereocenters. The Labute approximate surface area is 152 Å². The van der Waals surface area contributed by atoms with Gasteiger partial charge in [-0.15, -0.1) is 0 Å². The Morgan fingerprint density at radius 3 is 2.85 bits per heavy atom. The summed E-state index contributed by atoms with van der Waals surface area (Å²) < 4.78 is 16.5. The average Bonchev–Trinajstić information content (AvgIpc) is 2.68. The van der Waals surface area contributed by atoms with Gasteiger partial charge in [-0.05, 0) is 24.3 Å². The number of benzene rings is 1. The van der Waals surface area contributed by atoms with Crippen molar-refractivity contribution in [3.63, 3.8) is 0 Å². The number of aromatic nitrogens is 1. The van der Waals surface area contributed by atoms with Crippen LogP contribution in [0.1, 0.15) is 16.8 Å². The smallest absolute Gasteiger partial charge is 0.252 e. The predicted molar refractivity (Wildman–Crippen MR) is 97.9 cm³/mol. The molecule has 0 spiro atoms. The van der Waals surface area contributed by atoms with Gasteiger partial charge in [0.25, 0.3) is 5.91 Å². The predicted octanol–water partition coefficient (Wildman–Crippen LogP) is 2.10. The van der Waals surface area contributed by atoms with Crippen LogP contribution in [0.5, 0.6) is 11.5 Å². The van der Waals surface area contributed by atoms with E-state index in [1.165, 1.54) is 0 Å². The molecule has 2 N–H and O–H groups in total. The third-order valence-corrected chi connectivity index (χ3v) is 3.96. The largest absolute Gasteiger partial charge is 0.486 e. The van der Waals surface area contributed by atoms with Crippen LogP contribution in [-0.2, 0) is 4.74 Å². The third-order valence-electron chi connectivity index (χ3n) is 3.96. The monoisotopic (exact) mass is 357 g/mol. The molecule has 3 rings (SSSR count). The first-order valence-corrected chi connectivity index (χ1v) is 8.62. The number of methoxy groups -OCH3 is 1. The first kappa shape index (κ1) is 18.0. The molecule has 1 aromatic carbocycles. The first-order valence-electron chi connectivity index (χ1n) is 8.62. The molecule has 7 nitrogen and oxygen atoms in total. The molecule has 138 valence electrons. The van der Waals surface area contributed by atoms with Gasteiger partial charge in [0.2, 0.25) is 0 Å². The molecular formula is C19H23N3O4. The Bertz CT molecular complexity index is 721. The zero-order valence-electron chi connectivity index (χ0n) is 14.7. The molecule has 1 aromatic heterocycles. The lowest BCUT2D eigenvalue weighted by molar-refractivity contribution is 0.0812. The van der Waals surface area contributed by atoms with E-state index in [2.05, 4.69) is 15.6 Å². The summed E-state index contributed by atoms with van der Waals surface area (Å²) in [5.74, 6) is 2.07. The van der Waals surface area contributed by atoms with E-state index in [1.807, 2.05) is 24.3 Å². The highest BCUT2D eigenvalue weighted by atomic mass is 16.6. The molecule has 1 aliphatic rings. The fraction of sp³-hybridized carbons (Fsp3) is 0.368. The Balaban J connectivity index is 1.41. The van der Waals surface area contributed by atoms with Crippen LogP contribution < -0.4 is 20.1 Å². The van der Waals surface area contributed by atoms with Crippen LogP contribution in [0, 0.1) is 0 Å². The molecule has 2 heterocycles. The quantitative estimate of drug-likeness (QED) is 0.704. The maximum Gasteiger partial charge on any atom is 0.252 e. The van der Waals surface area contributed by atoms with E-state index < -0.39 is 0 Å². The number of pyridine rings is 1. The van der Waals surface area contributed by atoms with Crippen molar-refractivity contribution in [2.45, 2.75) is 12.5 Å². The number of nitrogens with zero attached hydrogens (tertiary/aromatic N) is 1. The molecule has 1 amide bonds. The van der Waals surface area contributed by atoms with Gasteiger partial charge >= 0.3 is 0 Å². The van der Waals surface area contributed by atoms with Crippen molar-refractivity contribution in [2.75, 3.05) is 38.7 Å². The number of anilines is 1. The van der Waals surface area contributed by atoms with Gasteiger partial charge in [-0.3, -0.25) is 4.79 Å². The normalized spacial score (nSPS) is 15.3. The van der Waals surface area contributed by atoms with E-state index in [0.717, 1.165) is 11.5 Å². The van der Waals surface area contributed by atoms with Crippen molar-refractivity contribution < 1.29 is 19.0 Å². The van der Waals surface area contributed by atoms with E-state index in [-0.39, 0.29) is 12.0 Å². The van der Waals surface area contributed by atoms with E-state index in [0.29, 0.717) is 44.1 Å². The van der Waals surface area contributed by atoms with Crippen LogP contribution in [0.15, 0.2) is 42.6 Å². The summed E-state index contributed by atoms with van der Waals surface area (Å²) in [6, 6.07) is 11.1. The second kappa shape index (κ2) is 9.05. The van der Waals surface area contributed by atoms with Gasteiger partial charge in [-0.1, -0.05) is 12.1 Å². The van der Waals surface area contributed by atoms with Crippen molar-refractivity contribution in [1.82, 2.24) is 10.3 Å². The summed E-state index contributed by atoms with van der Waals surface area (Å²) in [6.45, 7) is 2.25. The number of hydrogen-bond acceptors (Lipinski definition) is 6. The minimum atomic E-state index is -0.155. The van der Waals surface area contributed by atoms with Gasteiger partial charge < -0.3 is 24.8 Å². The van der Waals surface area contributed by atoms with Crippen LogP contribution in [-0.4, -0.2) is 50.4 Å². The fourth-order valence-corrected chi connectivity index (χ4v) is 2.57. The SMILES string of the molecule is COCCNc1ccc(C(=O)NCCC2COc3ccccc3O2)cn1. The molecule has 0 saturated heterocycles. The van der Waals surface area contributed by atoms with Crippen molar-refractivity contribution in [1.29, 1.82) is 0 Å². The van der Waals surface area contributed by atoms with Crippen LogP contribution in [0.2, 0.25) is 0 Å². The molecule has 0 bridgehead atoms. The summed E-state index contributed by atoms with van der Waals surface area (Å²) in [5.41, 5.74) is 0.522. The zero-order chi connectivity index (χ0) is 18.2. The van der Waals surface area contributed by atoms with Crippen LogP contribution in [0.25, 0.3) is 0 Å². The highest BCUT2D eigenvalue weighted by Gasteiger charge is 2.20. The van der Waals surface area contributed by atoms with Gasteiger partial charge in [0.15, 0.2) is 11.5 Å². The molecule has 0 fully saturated rings. The summed E-state index contributed by atoms with van der Waals surface area (Å²) in [5, 5.41) is 5.99. The number of carbonyl (C=O) groups excluding carboxylic acids is 1. The van der Waals surface area contributed by atoms with Crippen molar-refractivity contribution >= 4 is 11.7 Å². The van der Waals surface area contributed by atoms with Crippen molar-refractivity contribution in [3.05, 3.63) is 48.2 Å². The molecule has 0 aliphatic carbocycles. The van der Waals surface area contributed by atoms with Gasteiger partial charge in [0.1, 0.15) is 18.5 Å². The second-order valence-corrected chi connectivity index (χ2v) is 5.89. The Morgan fingerprint density at radius 2 is 2.08 bits per heavy atom. The van der Waals surface area contributed by atoms with Crippen molar-refractivity contribution in [3.8, 4) is 11.5 Å². The molecule has 1 aliphatic heterocycles. The average molecular weight is 357 g/mol. The Hall–Kier alpha value is -2.80. The zero-order valence-corrected chi connectivity index (χ0v) is 14.7. The number of fused-ring (bicyclic) bond motifs is 1. The number of nitrogens with one attached hydrogen (secondary N) is 2. The van der Waals surface area contributed by atoms with E-state index in [4.69, 9.17) is 14.2 Å². The number of para-hydroxylation sites is 2. The number of rotatable bonds is 8. The summed E-state index contributed by atoms with van der Waals surface area (Å²) in [4.78, 5) is 16.4. The minimum absolute atomic E-state index is 0.0734. The molecule has 0 radical (unpaired) electrons. The molecule has 2 aromatic rings. The number of ether oxygens (including phenoxy) is 3. The first-order chi connectivity index (χ1) is 12.8. The molecule has 7 heteroatoms. The molecule has 26 heavy (non-hydrogen) atoms. The molecule has 1 unspecified atom stereocenters. The summed E-state index contributed by atoms with van der Waals surface area (Å²) in [7, 11) is 1.64. The van der Waals surface area contributed by atoms with Crippen molar-refractivity contribution in [2.24, 2.45) is 0 Å². The highest BCUT2D eigenvalue weighted by Crippen LogP contribution is 2.31. The molecular weight excluding hydrogens is 334 g/mol. The fourth-order valence-electron chi connectivity index (χ4n) is 2.57. The number of amides is 1. The lowest BCUT2D eigenvalue weighted by Crippen LogP contribution is -2.34. The van der Waals surface area contributed by atoms with E-state index >= 15 is 0 Å². The Morgan fingerprint density at radius 1 is 1.23 bits per heavy atom. The minimum Gasteiger partial charge on any atom is -0.486 e. The van der Waals surface area contributed by atoms with Crippen LogP contribution in [0.4, 0.5) is 5.82 Å². The molecule has 0 saturated carbocycles. The lowest BCUT2D eigenvalue weighted by atomic mass is 10.2. The third kappa shape index (κ3) is 4.86. The van der Waals surface area contributed by atoms with Gasteiger partial charge in [0.05, 0.1) is 12.2 Å². The summed E-state index contributed by atoms with van der Waals surface area (Å²) >= 11 is 0. The van der Waals surface area contributed by atoms with E-state index in [9.17, 15) is 4.79 Å². The van der Waals surface area contributed by atoms with E-state index in [1.54, 1.807) is 25.4 Å². The van der Waals surface area contributed by atoms with Crippen LogP contribution in [0.3, 0.4) is 0 Å². The van der Waals surface area contributed by atoms with Gasteiger partial charge in [-0.2, -0.15) is 0 Å². The van der Waals surface area contributed by atoms with Gasteiger partial charge in [0, 0.05) is 32.8 Å². The topological polar surface area (TPSA) is 81.7 Å². The Kier molecular flexibility index (Phi) is 6.27. The maximum atomic E-state index is 12.2. The van der Waals surface area contributed by atoms with Crippen LogP contribution >= 0.6 is 0 Å². The number of carbonyl (C=O) groups is 1. The van der Waals surface area contributed by atoms with Gasteiger partial charge in [-0.25, -0.2) is 4.98 Å². The summed E-state index contributed by atoms with van der Waals surface area (Å²) in [6.07, 6.45) is 2.15.